The van der Waals surface area contributed by atoms with Crippen LogP contribution in [0.4, 0.5) is 21.6 Å². The molecule has 21 heavy (non-hydrogen) atoms. The van der Waals surface area contributed by atoms with E-state index in [4.69, 9.17) is 15.2 Å². The largest absolute Gasteiger partial charge is 0.494 e. The van der Waals surface area contributed by atoms with Gasteiger partial charge in [-0.2, -0.15) is 4.98 Å². The summed E-state index contributed by atoms with van der Waals surface area (Å²) >= 11 is 0. The van der Waals surface area contributed by atoms with Gasteiger partial charge in [-0.25, -0.2) is 4.39 Å². The summed E-state index contributed by atoms with van der Waals surface area (Å²) in [5, 5.41) is 3.00. The van der Waals surface area contributed by atoms with Crippen molar-refractivity contribution in [1.29, 1.82) is 0 Å². The third-order valence-electron chi connectivity index (χ3n) is 2.76. The van der Waals surface area contributed by atoms with E-state index in [2.05, 4.69) is 10.3 Å². The van der Waals surface area contributed by atoms with Gasteiger partial charge in [0.15, 0.2) is 11.6 Å². The van der Waals surface area contributed by atoms with Crippen LogP contribution >= 0.6 is 0 Å². The summed E-state index contributed by atoms with van der Waals surface area (Å²) < 4.78 is 24.0. The van der Waals surface area contributed by atoms with Crippen molar-refractivity contribution in [3.8, 4) is 11.6 Å². The Morgan fingerprint density at radius 1 is 1.29 bits per heavy atom. The molecule has 0 aliphatic heterocycles. The first-order valence-corrected chi connectivity index (χ1v) is 6.64. The van der Waals surface area contributed by atoms with E-state index >= 15 is 0 Å². The van der Waals surface area contributed by atoms with E-state index in [-0.39, 0.29) is 5.75 Å². The number of rotatable bonds is 6. The lowest BCUT2D eigenvalue weighted by Crippen LogP contribution is -2.03. The molecule has 0 amide bonds. The summed E-state index contributed by atoms with van der Waals surface area (Å²) in [6, 6.07) is 7.98. The van der Waals surface area contributed by atoms with Crippen molar-refractivity contribution in [3.63, 3.8) is 0 Å². The van der Waals surface area contributed by atoms with Crippen LogP contribution < -0.4 is 20.5 Å². The van der Waals surface area contributed by atoms with E-state index in [0.717, 1.165) is 6.42 Å². The zero-order chi connectivity index (χ0) is 15.2. The lowest BCUT2D eigenvalue weighted by molar-refractivity contribution is 0.307. The quantitative estimate of drug-likeness (QED) is 0.854. The van der Waals surface area contributed by atoms with Crippen molar-refractivity contribution < 1.29 is 13.9 Å². The topological polar surface area (TPSA) is 69.4 Å². The summed E-state index contributed by atoms with van der Waals surface area (Å²) in [7, 11) is 1.42. The number of nitrogens with zero attached hydrogens (tertiary/aromatic N) is 1. The van der Waals surface area contributed by atoms with Gasteiger partial charge in [0, 0.05) is 11.8 Å². The number of halogens is 1. The van der Waals surface area contributed by atoms with Gasteiger partial charge in [-0.15, -0.1) is 0 Å². The Hall–Kier alpha value is -2.50. The molecule has 0 atom stereocenters. The molecule has 1 heterocycles. The number of pyridine rings is 1. The van der Waals surface area contributed by atoms with Gasteiger partial charge in [0.25, 0.3) is 0 Å². The van der Waals surface area contributed by atoms with Crippen LogP contribution in [0, 0.1) is 5.82 Å². The Bertz CT molecular complexity index is 620. The number of nitrogen functional groups attached to an aromatic ring is 1. The standard InChI is InChI=1S/C15H18FN3O2/c1-3-8-21-15-12(17)5-7-14(19-15)18-10-4-6-13(20-2)11(16)9-10/h4-7,9H,3,8,17H2,1-2H3,(H,18,19). The van der Waals surface area contributed by atoms with E-state index in [9.17, 15) is 4.39 Å². The van der Waals surface area contributed by atoms with Crippen LogP contribution in [0.5, 0.6) is 11.6 Å². The highest BCUT2D eigenvalue weighted by Gasteiger charge is 2.07. The maximum Gasteiger partial charge on any atom is 0.239 e. The Labute approximate surface area is 122 Å². The molecule has 2 rings (SSSR count). The Morgan fingerprint density at radius 3 is 2.76 bits per heavy atom. The number of anilines is 3. The second-order valence-corrected chi connectivity index (χ2v) is 4.41. The van der Waals surface area contributed by atoms with Crippen molar-refractivity contribution in [1.82, 2.24) is 4.98 Å². The zero-order valence-corrected chi connectivity index (χ0v) is 12.0. The molecule has 2 aromatic rings. The predicted octanol–water partition coefficient (Wildman–Crippen LogP) is 3.34. The molecule has 1 aromatic heterocycles. The minimum absolute atomic E-state index is 0.192. The molecule has 3 N–H and O–H groups in total. The average molecular weight is 291 g/mol. The molecule has 0 saturated heterocycles. The number of methoxy groups -OCH3 is 1. The fraction of sp³-hybridized carbons (Fsp3) is 0.267. The van der Waals surface area contributed by atoms with Gasteiger partial charge in [0.2, 0.25) is 5.88 Å². The number of hydrogen-bond acceptors (Lipinski definition) is 5. The van der Waals surface area contributed by atoms with Crippen molar-refractivity contribution in [2.24, 2.45) is 0 Å². The molecule has 5 nitrogen and oxygen atoms in total. The first-order chi connectivity index (χ1) is 10.1. The van der Waals surface area contributed by atoms with Crippen molar-refractivity contribution in [3.05, 3.63) is 36.1 Å². The number of nitrogens with two attached hydrogens (primary N) is 1. The van der Waals surface area contributed by atoms with Crippen LogP contribution in [0.1, 0.15) is 13.3 Å². The normalized spacial score (nSPS) is 10.2. The highest BCUT2D eigenvalue weighted by atomic mass is 19.1. The minimum Gasteiger partial charge on any atom is -0.494 e. The Balaban J connectivity index is 2.17. The highest BCUT2D eigenvalue weighted by molar-refractivity contribution is 5.61. The highest BCUT2D eigenvalue weighted by Crippen LogP contribution is 2.26. The molecule has 0 radical (unpaired) electrons. The molecule has 1 aromatic carbocycles. The molecule has 0 spiro atoms. The maximum absolute atomic E-state index is 13.6. The van der Waals surface area contributed by atoms with E-state index in [1.807, 2.05) is 6.92 Å². The molecule has 0 aliphatic rings. The summed E-state index contributed by atoms with van der Waals surface area (Å²) in [5.41, 5.74) is 6.82. The van der Waals surface area contributed by atoms with Crippen LogP contribution in [0.15, 0.2) is 30.3 Å². The number of aromatic nitrogens is 1. The van der Waals surface area contributed by atoms with Crippen molar-refractivity contribution >= 4 is 17.2 Å². The van der Waals surface area contributed by atoms with Crippen molar-refractivity contribution in [2.45, 2.75) is 13.3 Å². The first kappa shape index (κ1) is 14.9. The molecule has 0 aliphatic carbocycles. The molecular formula is C15H18FN3O2. The van der Waals surface area contributed by atoms with Gasteiger partial charge in [-0.3, -0.25) is 0 Å². The summed E-state index contributed by atoms with van der Waals surface area (Å²) in [6.07, 6.45) is 0.864. The van der Waals surface area contributed by atoms with Crippen LogP contribution in [0.25, 0.3) is 0 Å². The summed E-state index contributed by atoms with van der Waals surface area (Å²) in [4.78, 5) is 4.27. The Morgan fingerprint density at radius 2 is 2.10 bits per heavy atom. The van der Waals surface area contributed by atoms with Gasteiger partial charge in [-0.1, -0.05) is 6.92 Å². The fourth-order valence-electron chi connectivity index (χ4n) is 1.73. The SMILES string of the molecule is CCCOc1nc(Nc2ccc(OC)c(F)c2)ccc1N. The lowest BCUT2D eigenvalue weighted by atomic mass is 10.3. The summed E-state index contributed by atoms with van der Waals surface area (Å²) in [5.74, 6) is 0.647. The van der Waals surface area contributed by atoms with E-state index in [0.29, 0.717) is 29.7 Å². The van der Waals surface area contributed by atoms with Crippen molar-refractivity contribution in [2.75, 3.05) is 24.8 Å². The van der Waals surface area contributed by atoms with Crippen LogP contribution in [0.2, 0.25) is 0 Å². The predicted molar refractivity (Wildman–Crippen MR) is 80.7 cm³/mol. The van der Waals surface area contributed by atoms with E-state index in [1.165, 1.54) is 13.2 Å². The smallest absolute Gasteiger partial charge is 0.239 e. The van der Waals surface area contributed by atoms with Gasteiger partial charge in [0.1, 0.15) is 5.82 Å². The van der Waals surface area contributed by atoms with Crippen LogP contribution in [-0.4, -0.2) is 18.7 Å². The maximum atomic E-state index is 13.6. The van der Waals surface area contributed by atoms with Crippen LogP contribution in [-0.2, 0) is 0 Å². The molecule has 0 fully saturated rings. The number of ether oxygens (including phenoxy) is 2. The zero-order valence-electron chi connectivity index (χ0n) is 12.0. The number of benzene rings is 1. The van der Waals surface area contributed by atoms with Gasteiger partial charge < -0.3 is 20.5 Å². The molecule has 112 valence electrons. The van der Waals surface area contributed by atoms with E-state index < -0.39 is 5.82 Å². The molecule has 0 unspecified atom stereocenters. The molecule has 0 bridgehead atoms. The average Bonchev–Trinajstić information content (AvgIpc) is 2.48. The molecular weight excluding hydrogens is 273 g/mol. The first-order valence-electron chi connectivity index (χ1n) is 6.64. The third kappa shape index (κ3) is 3.75. The van der Waals surface area contributed by atoms with Gasteiger partial charge in [0.05, 0.1) is 19.4 Å². The molecule has 6 heteroatoms. The molecule has 0 saturated carbocycles. The monoisotopic (exact) mass is 291 g/mol. The second-order valence-electron chi connectivity index (χ2n) is 4.41. The lowest BCUT2D eigenvalue weighted by Gasteiger charge is -2.11. The van der Waals surface area contributed by atoms with E-state index in [1.54, 1.807) is 24.3 Å². The second kappa shape index (κ2) is 6.78. The van der Waals surface area contributed by atoms with Crippen LogP contribution in [0.3, 0.4) is 0 Å². The van der Waals surface area contributed by atoms with Gasteiger partial charge >= 0.3 is 0 Å². The fourth-order valence-corrected chi connectivity index (χ4v) is 1.73. The third-order valence-corrected chi connectivity index (χ3v) is 2.76. The minimum atomic E-state index is -0.444. The number of hydrogen-bond donors (Lipinski definition) is 2. The number of nitrogens with one attached hydrogen (secondary N) is 1. The Kier molecular flexibility index (Phi) is 4.81. The van der Waals surface area contributed by atoms with Gasteiger partial charge in [-0.05, 0) is 30.7 Å². The summed E-state index contributed by atoms with van der Waals surface area (Å²) in [6.45, 7) is 2.54.